The summed E-state index contributed by atoms with van der Waals surface area (Å²) in [4.78, 5) is 37.0. The molecule has 0 bridgehead atoms. The number of amides is 3. The molecule has 1 aliphatic rings. The van der Waals surface area contributed by atoms with Crippen LogP contribution < -0.4 is 10.9 Å². The summed E-state index contributed by atoms with van der Waals surface area (Å²) in [6, 6.07) is 9.30. The van der Waals surface area contributed by atoms with Gasteiger partial charge in [-0.25, -0.2) is 19.9 Å². The minimum atomic E-state index is -0.655. The van der Waals surface area contributed by atoms with Crippen LogP contribution in [0.3, 0.4) is 0 Å². The first-order valence-electron chi connectivity index (χ1n) is 8.50. The molecule has 1 aliphatic heterocycles. The van der Waals surface area contributed by atoms with Crippen molar-refractivity contribution in [1.82, 2.24) is 15.8 Å². The third kappa shape index (κ3) is 6.03. The van der Waals surface area contributed by atoms with Gasteiger partial charge in [0.15, 0.2) is 0 Å². The molecule has 1 aromatic carbocycles. The number of likely N-dealkylation sites (tertiary alicyclic amines) is 1. The van der Waals surface area contributed by atoms with E-state index in [1.807, 2.05) is 30.3 Å². The third-order valence-corrected chi connectivity index (χ3v) is 3.68. The summed E-state index contributed by atoms with van der Waals surface area (Å²) < 4.78 is 10.3. The fourth-order valence-corrected chi connectivity index (χ4v) is 2.43. The van der Waals surface area contributed by atoms with Gasteiger partial charge in [0.1, 0.15) is 12.2 Å². The summed E-state index contributed by atoms with van der Waals surface area (Å²) >= 11 is 0. The van der Waals surface area contributed by atoms with E-state index in [1.54, 1.807) is 20.8 Å². The highest BCUT2D eigenvalue weighted by Gasteiger charge is 2.37. The fourth-order valence-electron chi connectivity index (χ4n) is 2.43. The molecule has 0 spiro atoms. The number of carbonyl (C=O) groups is 3. The number of ether oxygens (including phenoxy) is 2. The minimum absolute atomic E-state index is 0.156. The molecule has 0 aromatic heterocycles. The van der Waals surface area contributed by atoms with Crippen LogP contribution in [-0.2, 0) is 20.9 Å². The Hall–Kier alpha value is -2.61. The SMILES string of the molecule is CC(C)(C)OC(=O)N1CCC(CNNC(=O)OCc2ccccc2)C1=O. The number of nitrogens with one attached hydrogen (secondary N) is 2. The van der Waals surface area contributed by atoms with E-state index in [-0.39, 0.29) is 19.1 Å². The van der Waals surface area contributed by atoms with Gasteiger partial charge in [-0.05, 0) is 32.8 Å². The molecular weight excluding hydrogens is 338 g/mol. The summed E-state index contributed by atoms with van der Waals surface area (Å²) in [5, 5.41) is 0. The number of benzene rings is 1. The van der Waals surface area contributed by atoms with Crippen molar-refractivity contribution < 1.29 is 23.9 Å². The Morgan fingerprint density at radius 3 is 2.58 bits per heavy atom. The van der Waals surface area contributed by atoms with Crippen LogP contribution in [0.15, 0.2) is 30.3 Å². The van der Waals surface area contributed by atoms with Crippen LogP contribution in [0.2, 0.25) is 0 Å². The Bertz CT molecular complexity index is 642. The van der Waals surface area contributed by atoms with Crippen molar-refractivity contribution in [3.8, 4) is 0 Å². The van der Waals surface area contributed by atoms with Crippen molar-refractivity contribution in [3.05, 3.63) is 35.9 Å². The summed E-state index contributed by atoms with van der Waals surface area (Å²) in [5.41, 5.74) is 5.28. The van der Waals surface area contributed by atoms with Crippen molar-refractivity contribution in [2.75, 3.05) is 13.1 Å². The predicted molar refractivity (Wildman–Crippen MR) is 93.8 cm³/mol. The molecule has 1 aromatic rings. The highest BCUT2D eigenvalue weighted by molar-refractivity contribution is 5.95. The number of hydrogen-bond donors (Lipinski definition) is 2. The Morgan fingerprint density at radius 2 is 1.92 bits per heavy atom. The van der Waals surface area contributed by atoms with Crippen molar-refractivity contribution in [2.24, 2.45) is 5.92 Å². The van der Waals surface area contributed by atoms with Crippen LogP contribution in [0.4, 0.5) is 9.59 Å². The van der Waals surface area contributed by atoms with Crippen molar-refractivity contribution >= 4 is 18.1 Å². The minimum Gasteiger partial charge on any atom is -0.444 e. The normalized spacial score (nSPS) is 17.1. The first-order valence-corrected chi connectivity index (χ1v) is 8.50. The molecule has 26 heavy (non-hydrogen) atoms. The van der Waals surface area contributed by atoms with Gasteiger partial charge < -0.3 is 9.47 Å². The van der Waals surface area contributed by atoms with E-state index >= 15 is 0 Å². The standard InChI is InChI=1S/C18H25N3O5/c1-18(2,3)26-17(24)21-10-9-14(15(21)22)11-19-20-16(23)25-12-13-7-5-4-6-8-13/h4-8,14,19H,9-12H2,1-3H3,(H,20,23). The Kier molecular flexibility index (Phi) is 6.57. The number of hydrogen-bond acceptors (Lipinski definition) is 6. The molecule has 2 N–H and O–H groups in total. The lowest BCUT2D eigenvalue weighted by atomic mass is 10.1. The Balaban J connectivity index is 1.69. The fraction of sp³-hybridized carbons (Fsp3) is 0.500. The maximum Gasteiger partial charge on any atom is 0.421 e. The van der Waals surface area contributed by atoms with Gasteiger partial charge >= 0.3 is 12.2 Å². The largest absolute Gasteiger partial charge is 0.444 e. The van der Waals surface area contributed by atoms with Crippen LogP contribution in [0.25, 0.3) is 0 Å². The molecule has 142 valence electrons. The molecule has 0 saturated carbocycles. The van der Waals surface area contributed by atoms with E-state index < -0.39 is 23.7 Å². The van der Waals surface area contributed by atoms with Gasteiger partial charge in [-0.3, -0.25) is 10.2 Å². The summed E-state index contributed by atoms with van der Waals surface area (Å²) in [6.45, 7) is 5.90. The second-order valence-corrected chi connectivity index (χ2v) is 7.02. The highest BCUT2D eigenvalue weighted by atomic mass is 16.6. The summed E-state index contributed by atoms with van der Waals surface area (Å²) in [6.07, 6.45) is -0.769. The number of carbonyl (C=O) groups excluding carboxylic acids is 3. The van der Waals surface area contributed by atoms with Gasteiger partial charge in [0.05, 0.1) is 5.92 Å². The maximum atomic E-state index is 12.3. The van der Waals surface area contributed by atoms with Crippen LogP contribution in [0.1, 0.15) is 32.8 Å². The topological polar surface area (TPSA) is 97.0 Å². The molecule has 1 unspecified atom stereocenters. The van der Waals surface area contributed by atoms with Gasteiger partial charge in [-0.15, -0.1) is 0 Å². The first kappa shape index (κ1) is 19.7. The molecule has 1 saturated heterocycles. The third-order valence-electron chi connectivity index (χ3n) is 3.68. The van der Waals surface area contributed by atoms with Gasteiger partial charge in [0.2, 0.25) is 5.91 Å². The van der Waals surface area contributed by atoms with E-state index in [4.69, 9.17) is 9.47 Å². The molecule has 1 heterocycles. The lowest BCUT2D eigenvalue weighted by Gasteiger charge is -2.23. The molecule has 8 nitrogen and oxygen atoms in total. The van der Waals surface area contributed by atoms with Crippen LogP contribution >= 0.6 is 0 Å². The lowest BCUT2D eigenvalue weighted by Crippen LogP contribution is -2.43. The highest BCUT2D eigenvalue weighted by Crippen LogP contribution is 2.20. The zero-order valence-corrected chi connectivity index (χ0v) is 15.3. The summed E-state index contributed by atoms with van der Waals surface area (Å²) in [7, 11) is 0. The first-order chi connectivity index (χ1) is 12.3. The monoisotopic (exact) mass is 363 g/mol. The molecule has 1 fully saturated rings. The zero-order valence-electron chi connectivity index (χ0n) is 15.3. The lowest BCUT2D eigenvalue weighted by molar-refractivity contribution is -0.130. The van der Waals surface area contributed by atoms with E-state index in [2.05, 4.69) is 10.9 Å². The maximum absolute atomic E-state index is 12.3. The van der Waals surface area contributed by atoms with E-state index in [1.165, 1.54) is 0 Å². The van der Waals surface area contributed by atoms with Crippen LogP contribution in [-0.4, -0.2) is 41.7 Å². The van der Waals surface area contributed by atoms with Gasteiger partial charge in [0, 0.05) is 13.1 Å². The number of hydrazine groups is 1. The van der Waals surface area contributed by atoms with E-state index in [0.717, 1.165) is 10.5 Å². The predicted octanol–water partition coefficient (Wildman–Crippen LogP) is 2.20. The van der Waals surface area contributed by atoms with Crippen LogP contribution in [0, 0.1) is 5.92 Å². The van der Waals surface area contributed by atoms with Crippen molar-refractivity contribution in [1.29, 1.82) is 0 Å². The summed E-state index contributed by atoms with van der Waals surface area (Å²) in [5.74, 6) is -0.719. The molecule has 0 radical (unpaired) electrons. The smallest absolute Gasteiger partial charge is 0.421 e. The van der Waals surface area contributed by atoms with E-state index in [0.29, 0.717) is 13.0 Å². The molecule has 1 atom stereocenters. The van der Waals surface area contributed by atoms with E-state index in [9.17, 15) is 14.4 Å². The molecule has 2 rings (SSSR count). The molecular formula is C18H25N3O5. The average molecular weight is 363 g/mol. The number of imide groups is 1. The van der Waals surface area contributed by atoms with Gasteiger partial charge in [0.25, 0.3) is 0 Å². The zero-order chi connectivity index (χ0) is 19.2. The second kappa shape index (κ2) is 8.66. The Labute approximate surface area is 152 Å². The molecule has 8 heteroatoms. The molecule has 3 amide bonds. The van der Waals surface area contributed by atoms with Gasteiger partial charge in [-0.2, -0.15) is 0 Å². The van der Waals surface area contributed by atoms with Crippen molar-refractivity contribution in [3.63, 3.8) is 0 Å². The average Bonchev–Trinajstić information content (AvgIpc) is 2.93. The number of rotatable bonds is 5. The molecule has 0 aliphatic carbocycles. The second-order valence-electron chi connectivity index (χ2n) is 7.02. The quantitative estimate of drug-likeness (QED) is 0.779. The van der Waals surface area contributed by atoms with Crippen LogP contribution in [0.5, 0.6) is 0 Å². The van der Waals surface area contributed by atoms with Crippen molar-refractivity contribution in [2.45, 2.75) is 39.4 Å². The number of nitrogens with zero attached hydrogens (tertiary/aromatic N) is 1. The van der Waals surface area contributed by atoms with Gasteiger partial charge in [-0.1, -0.05) is 30.3 Å². The Morgan fingerprint density at radius 1 is 1.23 bits per heavy atom.